The van der Waals surface area contributed by atoms with Gasteiger partial charge in [-0.05, 0) is 84.5 Å². The number of amides is 2. The number of carbonyl (C=O) groups excluding carboxylic acids is 4. The number of ether oxygens (including phenoxy) is 3. The predicted molar refractivity (Wildman–Crippen MR) is 126 cm³/mol. The van der Waals surface area contributed by atoms with Crippen molar-refractivity contribution in [3.05, 3.63) is 0 Å². The van der Waals surface area contributed by atoms with Crippen LogP contribution in [0.2, 0.25) is 0 Å². The van der Waals surface area contributed by atoms with Gasteiger partial charge >= 0.3 is 18.0 Å². The van der Waals surface area contributed by atoms with E-state index in [2.05, 4.69) is 10.6 Å². The van der Waals surface area contributed by atoms with Crippen molar-refractivity contribution in [1.29, 1.82) is 0 Å². The molecule has 2 amide bonds. The first-order chi connectivity index (χ1) is 15.9. The molecule has 0 aromatic rings. The molecule has 194 valence electrons. The summed E-state index contributed by atoms with van der Waals surface area (Å²) >= 11 is 0. The van der Waals surface area contributed by atoms with Gasteiger partial charge in [0.25, 0.3) is 0 Å². The lowest BCUT2D eigenvalue weighted by atomic mass is 10.0. The van der Waals surface area contributed by atoms with Crippen LogP contribution in [0.5, 0.6) is 0 Å². The van der Waals surface area contributed by atoms with Crippen LogP contribution in [0.1, 0.15) is 98.8 Å². The van der Waals surface area contributed by atoms with E-state index >= 15 is 0 Å². The highest BCUT2D eigenvalue weighted by atomic mass is 16.6. The number of rotatable bonds is 10. The number of nitrogens with one attached hydrogen (secondary N) is 2. The molecule has 2 N–H and O–H groups in total. The Morgan fingerprint density at radius 1 is 0.853 bits per heavy atom. The van der Waals surface area contributed by atoms with Crippen molar-refractivity contribution >= 4 is 23.9 Å². The summed E-state index contributed by atoms with van der Waals surface area (Å²) in [4.78, 5) is 50.5. The molecule has 2 fully saturated rings. The average Bonchev–Trinajstić information content (AvgIpc) is 3.41. The molecule has 0 bridgehead atoms. The van der Waals surface area contributed by atoms with E-state index in [0.29, 0.717) is 0 Å². The van der Waals surface area contributed by atoms with Gasteiger partial charge < -0.3 is 24.8 Å². The normalized spacial score (nSPS) is 18.9. The van der Waals surface area contributed by atoms with E-state index in [0.717, 1.165) is 51.4 Å². The predicted octanol–water partition coefficient (Wildman–Crippen LogP) is 3.77. The van der Waals surface area contributed by atoms with E-state index in [1.807, 2.05) is 0 Å². The molecule has 0 spiro atoms. The first-order valence-corrected chi connectivity index (χ1v) is 12.6. The maximum atomic E-state index is 13.1. The molecule has 2 atom stereocenters. The second-order valence-corrected chi connectivity index (χ2v) is 10.7. The van der Waals surface area contributed by atoms with Gasteiger partial charge in [-0.3, -0.25) is 9.59 Å². The lowest BCUT2D eigenvalue weighted by molar-refractivity contribution is -0.154. The maximum Gasteiger partial charge on any atom is 0.408 e. The number of hydrogen-bond acceptors (Lipinski definition) is 7. The van der Waals surface area contributed by atoms with Gasteiger partial charge in [0, 0.05) is 6.42 Å². The van der Waals surface area contributed by atoms with Gasteiger partial charge in [0.05, 0.1) is 0 Å². The lowest BCUT2D eigenvalue weighted by Crippen LogP contribution is -2.54. The summed E-state index contributed by atoms with van der Waals surface area (Å²) < 4.78 is 16.4. The molecule has 2 saturated carbocycles. The quantitative estimate of drug-likeness (QED) is 0.359. The average molecular weight is 483 g/mol. The molecule has 9 heteroatoms. The molecular weight excluding hydrogens is 440 g/mol. The summed E-state index contributed by atoms with van der Waals surface area (Å²) in [6.07, 6.45) is 6.53. The third-order valence-electron chi connectivity index (χ3n) is 6.04. The second kappa shape index (κ2) is 13.0. The van der Waals surface area contributed by atoms with Crippen molar-refractivity contribution in [1.82, 2.24) is 10.6 Å². The highest BCUT2D eigenvalue weighted by Crippen LogP contribution is 2.23. The number of alkyl carbamates (subject to hydrolysis) is 1. The Bertz CT molecular complexity index is 705. The Balaban J connectivity index is 2.01. The molecule has 2 rings (SSSR count). The fourth-order valence-electron chi connectivity index (χ4n) is 4.25. The topological polar surface area (TPSA) is 120 Å². The first kappa shape index (κ1) is 27.9. The third-order valence-corrected chi connectivity index (χ3v) is 6.04. The molecule has 9 nitrogen and oxygen atoms in total. The van der Waals surface area contributed by atoms with Gasteiger partial charge in [0.2, 0.25) is 5.91 Å². The van der Waals surface area contributed by atoms with Crippen molar-refractivity contribution in [2.24, 2.45) is 5.92 Å². The van der Waals surface area contributed by atoms with Gasteiger partial charge in [0.15, 0.2) is 0 Å². The fraction of sp³-hybridized carbons (Fsp3) is 0.840. The summed E-state index contributed by atoms with van der Waals surface area (Å²) in [7, 11) is 0. The molecule has 0 aliphatic heterocycles. The van der Waals surface area contributed by atoms with Crippen molar-refractivity contribution < 1.29 is 33.4 Å². The van der Waals surface area contributed by atoms with Crippen LogP contribution in [0.4, 0.5) is 4.79 Å². The Kier molecular flexibility index (Phi) is 10.6. The largest absolute Gasteiger partial charge is 0.462 e. The van der Waals surface area contributed by atoms with Gasteiger partial charge in [-0.15, -0.1) is 0 Å². The van der Waals surface area contributed by atoms with Crippen LogP contribution in [0.3, 0.4) is 0 Å². The minimum atomic E-state index is -1.01. The molecule has 34 heavy (non-hydrogen) atoms. The number of carbonyl (C=O) groups is 4. The van der Waals surface area contributed by atoms with E-state index in [-0.39, 0.29) is 36.9 Å². The summed E-state index contributed by atoms with van der Waals surface area (Å²) in [5, 5.41) is 5.28. The van der Waals surface area contributed by atoms with E-state index in [1.165, 1.54) is 0 Å². The minimum absolute atomic E-state index is 0.00689. The van der Waals surface area contributed by atoms with Gasteiger partial charge in [-0.25, -0.2) is 9.59 Å². The zero-order chi connectivity index (χ0) is 25.3. The summed E-state index contributed by atoms with van der Waals surface area (Å²) in [6, 6.07) is -1.92. The Labute approximate surface area is 203 Å². The minimum Gasteiger partial charge on any atom is -0.462 e. The molecule has 0 aromatic heterocycles. The lowest BCUT2D eigenvalue weighted by Gasteiger charge is -2.27. The van der Waals surface area contributed by atoms with Crippen molar-refractivity contribution in [2.75, 3.05) is 0 Å². The highest BCUT2D eigenvalue weighted by molar-refractivity contribution is 5.90. The SMILES string of the molecule is CC(C)[C@@H](NC(=O)OC(C)(C)C)C(=O)N[C@H](CCC(=O)OC1CCCC1)C(=O)OC1CCCC1. The highest BCUT2D eigenvalue weighted by Gasteiger charge is 2.33. The zero-order valence-corrected chi connectivity index (χ0v) is 21.3. The van der Waals surface area contributed by atoms with E-state index in [4.69, 9.17) is 14.2 Å². The Morgan fingerprint density at radius 2 is 1.38 bits per heavy atom. The van der Waals surface area contributed by atoms with Crippen LogP contribution in [-0.2, 0) is 28.6 Å². The van der Waals surface area contributed by atoms with Gasteiger partial charge in [0.1, 0.15) is 29.9 Å². The van der Waals surface area contributed by atoms with Gasteiger partial charge in [-0.2, -0.15) is 0 Å². The molecule has 0 aromatic carbocycles. The summed E-state index contributed by atoms with van der Waals surface area (Å²) in [5.74, 6) is -1.73. The standard InChI is InChI=1S/C25H42N2O7/c1-16(2)21(27-24(31)34-25(3,4)5)22(29)26-19(23(30)33-18-12-8-9-13-18)14-15-20(28)32-17-10-6-7-11-17/h16-19,21H,6-15H2,1-5H3,(H,26,29)(H,27,31)/t19-,21-/m1/s1. The van der Waals surface area contributed by atoms with E-state index in [1.54, 1.807) is 34.6 Å². The molecule has 0 unspecified atom stereocenters. The third kappa shape index (κ3) is 9.89. The van der Waals surface area contributed by atoms with Crippen molar-refractivity contribution in [2.45, 2.75) is 129 Å². The monoisotopic (exact) mass is 482 g/mol. The van der Waals surface area contributed by atoms with Crippen LogP contribution in [0.25, 0.3) is 0 Å². The zero-order valence-electron chi connectivity index (χ0n) is 21.3. The van der Waals surface area contributed by atoms with Crippen LogP contribution in [0, 0.1) is 5.92 Å². The Morgan fingerprint density at radius 3 is 1.88 bits per heavy atom. The van der Waals surface area contributed by atoms with Crippen LogP contribution in [0.15, 0.2) is 0 Å². The van der Waals surface area contributed by atoms with Crippen LogP contribution < -0.4 is 10.6 Å². The first-order valence-electron chi connectivity index (χ1n) is 12.6. The van der Waals surface area contributed by atoms with Crippen molar-refractivity contribution in [3.63, 3.8) is 0 Å². The molecule has 0 heterocycles. The van der Waals surface area contributed by atoms with E-state index in [9.17, 15) is 19.2 Å². The summed E-state index contributed by atoms with van der Waals surface area (Å²) in [5.41, 5.74) is -0.713. The number of hydrogen-bond donors (Lipinski definition) is 2. The maximum absolute atomic E-state index is 13.1. The molecule has 2 aliphatic carbocycles. The molecule has 2 aliphatic rings. The fourth-order valence-corrected chi connectivity index (χ4v) is 4.25. The van der Waals surface area contributed by atoms with Crippen LogP contribution in [-0.4, -0.2) is 53.8 Å². The van der Waals surface area contributed by atoms with E-state index < -0.39 is 35.7 Å². The van der Waals surface area contributed by atoms with Crippen molar-refractivity contribution in [3.8, 4) is 0 Å². The molecule has 0 saturated heterocycles. The number of esters is 2. The molecular formula is C25H42N2O7. The van der Waals surface area contributed by atoms with Gasteiger partial charge in [-0.1, -0.05) is 13.8 Å². The molecule has 0 radical (unpaired) electrons. The second-order valence-electron chi connectivity index (χ2n) is 10.7. The summed E-state index contributed by atoms with van der Waals surface area (Å²) in [6.45, 7) is 8.77. The Hall–Kier alpha value is -2.32. The van der Waals surface area contributed by atoms with Crippen LogP contribution >= 0.6 is 0 Å². The smallest absolute Gasteiger partial charge is 0.408 e.